The highest BCUT2D eigenvalue weighted by molar-refractivity contribution is 6.00. The van der Waals surface area contributed by atoms with Crippen LogP contribution >= 0.6 is 0 Å². The third-order valence-electron chi connectivity index (χ3n) is 4.93. The smallest absolute Gasteiger partial charge is 0.252 e. The van der Waals surface area contributed by atoms with Gasteiger partial charge in [0.25, 0.3) is 5.91 Å². The van der Waals surface area contributed by atoms with E-state index in [0.29, 0.717) is 12.1 Å². The number of nitrogens with one attached hydrogen (secondary N) is 1. The second-order valence-corrected chi connectivity index (χ2v) is 6.98. The van der Waals surface area contributed by atoms with Crippen LogP contribution in [0.3, 0.4) is 0 Å². The molecule has 0 aliphatic heterocycles. The van der Waals surface area contributed by atoms with Gasteiger partial charge in [0.15, 0.2) is 0 Å². The summed E-state index contributed by atoms with van der Waals surface area (Å²) < 4.78 is 7.13. The number of nitrogens with zero attached hydrogens (tertiary/aromatic N) is 2. The van der Waals surface area contributed by atoms with Crippen molar-refractivity contribution in [3.63, 3.8) is 0 Å². The lowest BCUT2D eigenvalue weighted by molar-refractivity contribution is 0.0951. The Hall–Kier alpha value is -3.86. The van der Waals surface area contributed by atoms with Crippen LogP contribution in [0.2, 0.25) is 0 Å². The fraction of sp³-hybridized carbons (Fsp3) is 0.120. The molecule has 1 heterocycles. The molecule has 0 spiro atoms. The van der Waals surface area contributed by atoms with Gasteiger partial charge in [-0.15, -0.1) is 0 Å². The van der Waals surface area contributed by atoms with Crippen LogP contribution in [0.15, 0.2) is 91.3 Å². The first-order valence-electron chi connectivity index (χ1n) is 9.80. The summed E-state index contributed by atoms with van der Waals surface area (Å²) >= 11 is 0. The molecule has 5 heteroatoms. The Morgan fingerprint density at radius 2 is 1.80 bits per heavy atom. The molecular formula is C25H23N3O2. The molecule has 1 N–H and O–H groups in total. The second-order valence-electron chi connectivity index (χ2n) is 6.98. The summed E-state index contributed by atoms with van der Waals surface area (Å²) in [5.41, 5.74) is 4.71. The largest absolute Gasteiger partial charge is 0.497 e. The number of ether oxygens (including phenoxy) is 1. The number of hydrogen-bond donors (Lipinski definition) is 1. The zero-order valence-corrected chi connectivity index (χ0v) is 16.8. The molecule has 4 aromatic rings. The number of benzene rings is 3. The zero-order chi connectivity index (χ0) is 20.8. The standard InChI is InChI=1S/C25H23N3O2/c1-30-22-7-4-6-20(16-22)17-26-25(29)24-9-3-2-8-23(24)21-12-10-19(11-13-21)18-28-15-5-14-27-28/h2-16H,17-18H2,1H3,(H,26,29). The van der Waals surface area contributed by atoms with Crippen LogP contribution in [-0.4, -0.2) is 22.8 Å². The third kappa shape index (κ3) is 4.58. The molecule has 0 atom stereocenters. The van der Waals surface area contributed by atoms with Gasteiger partial charge in [0, 0.05) is 24.5 Å². The molecule has 3 aromatic carbocycles. The molecule has 150 valence electrons. The summed E-state index contributed by atoms with van der Waals surface area (Å²) in [5, 5.41) is 7.25. The van der Waals surface area contributed by atoms with Gasteiger partial charge >= 0.3 is 0 Å². The van der Waals surface area contributed by atoms with E-state index in [0.717, 1.165) is 34.5 Å². The Labute approximate surface area is 175 Å². The van der Waals surface area contributed by atoms with Crippen molar-refractivity contribution in [3.8, 4) is 16.9 Å². The highest BCUT2D eigenvalue weighted by Crippen LogP contribution is 2.24. The second kappa shape index (κ2) is 9.09. The van der Waals surface area contributed by atoms with Crippen molar-refractivity contribution in [2.45, 2.75) is 13.1 Å². The van der Waals surface area contributed by atoms with Gasteiger partial charge in [-0.2, -0.15) is 5.10 Å². The summed E-state index contributed by atoms with van der Waals surface area (Å²) in [5.74, 6) is 0.673. The fourth-order valence-electron chi connectivity index (χ4n) is 3.36. The van der Waals surface area contributed by atoms with Crippen molar-refractivity contribution < 1.29 is 9.53 Å². The van der Waals surface area contributed by atoms with Crippen LogP contribution in [0.25, 0.3) is 11.1 Å². The van der Waals surface area contributed by atoms with Crippen molar-refractivity contribution in [1.29, 1.82) is 0 Å². The van der Waals surface area contributed by atoms with Crippen LogP contribution in [0.5, 0.6) is 5.75 Å². The summed E-state index contributed by atoms with van der Waals surface area (Å²) in [6.07, 6.45) is 3.71. The third-order valence-corrected chi connectivity index (χ3v) is 4.93. The topological polar surface area (TPSA) is 56.1 Å². The highest BCUT2D eigenvalue weighted by Gasteiger charge is 2.12. The normalized spacial score (nSPS) is 10.6. The molecule has 0 aliphatic rings. The van der Waals surface area contributed by atoms with Gasteiger partial charge in [-0.3, -0.25) is 9.48 Å². The number of carbonyl (C=O) groups is 1. The first kappa shape index (κ1) is 19.5. The molecule has 0 saturated carbocycles. The molecule has 0 saturated heterocycles. The number of methoxy groups -OCH3 is 1. The maximum absolute atomic E-state index is 12.9. The lowest BCUT2D eigenvalue weighted by Crippen LogP contribution is -2.23. The number of carbonyl (C=O) groups excluding carboxylic acids is 1. The van der Waals surface area contributed by atoms with Gasteiger partial charge in [0.1, 0.15) is 5.75 Å². The van der Waals surface area contributed by atoms with E-state index in [1.54, 1.807) is 13.3 Å². The summed E-state index contributed by atoms with van der Waals surface area (Å²) in [6.45, 7) is 1.16. The predicted octanol–water partition coefficient (Wildman–Crippen LogP) is 4.54. The van der Waals surface area contributed by atoms with Crippen LogP contribution in [0.4, 0.5) is 0 Å². The Bertz CT molecular complexity index is 1120. The van der Waals surface area contributed by atoms with E-state index in [9.17, 15) is 4.79 Å². The molecule has 0 unspecified atom stereocenters. The molecule has 0 radical (unpaired) electrons. The molecule has 30 heavy (non-hydrogen) atoms. The molecule has 5 nitrogen and oxygen atoms in total. The van der Waals surface area contributed by atoms with Crippen molar-refractivity contribution in [3.05, 3.63) is 108 Å². The number of hydrogen-bond acceptors (Lipinski definition) is 3. The van der Waals surface area contributed by atoms with Crippen molar-refractivity contribution >= 4 is 5.91 Å². The van der Waals surface area contributed by atoms with Crippen LogP contribution in [0.1, 0.15) is 21.5 Å². The Morgan fingerprint density at radius 1 is 0.967 bits per heavy atom. The monoisotopic (exact) mass is 397 g/mol. The van der Waals surface area contributed by atoms with Crippen LogP contribution in [0, 0.1) is 0 Å². The SMILES string of the molecule is COc1cccc(CNC(=O)c2ccccc2-c2ccc(Cn3cccn3)cc2)c1. The van der Waals surface area contributed by atoms with Gasteiger partial charge in [0.2, 0.25) is 0 Å². The van der Waals surface area contributed by atoms with Crippen molar-refractivity contribution in [2.24, 2.45) is 0 Å². The first-order chi connectivity index (χ1) is 14.7. The van der Waals surface area contributed by atoms with Crippen LogP contribution < -0.4 is 10.1 Å². The number of aromatic nitrogens is 2. The predicted molar refractivity (Wildman–Crippen MR) is 117 cm³/mol. The molecule has 4 rings (SSSR count). The Balaban J connectivity index is 1.49. The minimum absolute atomic E-state index is 0.103. The molecule has 1 aromatic heterocycles. The van der Waals surface area contributed by atoms with Crippen molar-refractivity contribution in [2.75, 3.05) is 7.11 Å². The molecule has 0 bridgehead atoms. The minimum atomic E-state index is -0.103. The van der Waals surface area contributed by atoms with E-state index >= 15 is 0 Å². The van der Waals surface area contributed by atoms with Gasteiger partial charge in [-0.1, -0.05) is 54.6 Å². The quantitative estimate of drug-likeness (QED) is 0.498. The van der Waals surface area contributed by atoms with Crippen LogP contribution in [-0.2, 0) is 13.1 Å². The van der Waals surface area contributed by atoms with Gasteiger partial charge in [0.05, 0.1) is 13.7 Å². The van der Waals surface area contributed by atoms with Crippen molar-refractivity contribution in [1.82, 2.24) is 15.1 Å². The lowest BCUT2D eigenvalue weighted by Gasteiger charge is -2.12. The lowest BCUT2D eigenvalue weighted by atomic mass is 9.98. The Kier molecular flexibility index (Phi) is 5.90. The molecule has 0 aliphatic carbocycles. The van der Waals surface area contributed by atoms with Gasteiger partial charge < -0.3 is 10.1 Å². The average Bonchev–Trinajstić information content (AvgIpc) is 3.31. The van der Waals surface area contributed by atoms with Gasteiger partial charge in [-0.25, -0.2) is 0 Å². The van der Waals surface area contributed by atoms with E-state index in [-0.39, 0.29) is 5.91 Å². The van der Waals surface area contributed by atoms with E-state index in [4.69, 9.17) is 4.74 Å². The van der Waals surface area contributed by atoms with Gasteiger partial charge in [-0.05, 0) is 46.5 Å². The first-order valence-corrected chi connectivity index (χ1v) is 9.80. The van der Waals surface area contributed by atoms with E-state index in [1.807, 2.05) is 77.6 Å². The van der Waals surface area contributed by atoms with E-state index in [1.165, 1.54) is 0 Å². The van der Waals surface area contributed by atoms with E-state index < -0.39 is 0 Å². The maximum atomic E-state index is 12.9. The molecule has 1 amide bonds. The molecule has 0 fully saturated rings. The molecular weight excluding hydrogens is 374 g/mol. The highest BCUT2D eigenvalue weighted by atomic mass is 16.5. The minimum Gasteiger partial charge on any atom is -0.497 e. The fourth-order valence-corrected chi connectivity index (χ4v) is 3.36. The van der Waals surface area contributed by atoms with E-state index in [2.05, 4.69) is 22.5 Å². The number of amides is 1. The average molecular weight is 397 g/mol. The zero-order valence-electron chi connectivity index (χ0n) is 16.8. The summed E-state index contributed by atoms with van der Waals surface area (Å²) in [4.78, 5) is 12.9. The number of rotatable bonds is 7. The summed E-state index contributed by atoms with van der Waals surface area (Å²) in [7, 11) is 1.63. The maximum Gasteiger partial charge on any atom is 0.252 e. The summed E-state index contributed by atoms with van der Waals surface area (Å²) in [6, 6.07) is 25.5. The Morgan fingerprint density at radius 3 is 2.57 bits per heavy atom.